The second-order valence-corrected chi connectivity index (χ2v) is 9.88. The number of amides is 2. The molecule has 6 rings (SSSR count). The van der Waals surface area contributed by atoms with Crippen LogP contribution in [0.2, 0.25) is 5.02 Å². The molecule has 0 bridgehead atoms. The predicted octanol–water partition coefficient (Wildman–Crippen LogP) is 2.97. The highest BCUT2D eigenvalue weighted by molar-refractivity contribution is 6.31. The van der Waals surface area contributed by atoms with E-state index < -0.39 is 0 Å². The van der Waals surface area contributed by atoms with Crippen molar-refractivity contribution in [3.63, 3.8) is 0 Å². The van der Waals surface area contributed by atoms with Crippen LogP contribution in [0.15, 0.2) is 36.7 Å². The van der Waals surface area contributed by atoms with Gasteiger partial charge in [0.25, 0.3) is 0 Å². The van der Waals surface area contributed by atoms with Gasteiger partial charge in [-0.05, 0) is 61.4 Å². The first kappa shape index (κ1) is 21.3. The second-order valence-electron chi connectivity index (χ2n) is 9.45. The molecular formula is C24H26ClN7O2. The highest BCUT2D eigenvalue weighted by Gasteiger charge is 2.39. The molecule has 34 heavy (non-hydrogen) atoms. The van der Waals surface area contributed by atoms with Crippen molar-refractivity contribution in [1.29, 1.82) is 0 Å². The van der Waals surface area contributed by atoms with Gasteiger partial charge < -0.3 is 15.1 Å². The van der Waals surface area contributed by atoms with Crippen molar-refractivity contribution in [3.8, 4) is 0 Å². The molecule has 0 spiro atoms. The number of carbonyl (C=O) groups is 2. The van der Waals surface area contributed by atoms with Gasteiger partial charge in [0.05, 0.1) is 5.92 Å². The van der Waals surface area contributed by atoms with Crippen LogP contribution in [-0.4, -0.2) is 62.7 Å². The lowest BCUT2D eigenvalue weighted by Crippen LogP contribution is -2.46. The minimum Gasteiger partial charge on any atom is -0.355 e. The fourth-order valence-electron chi connectivity index (χ4n) is 5.68. The number of nitrogens with zero attached hydrogens (tertiary/aromatic N) is 6. The summed E-state index contributed by atoms with van der Waals surface area (Å²) in [5.41, 5.74) is 2.58. The second kappa shape index (κ2) is 8.54. The number of piperidine rings is 2. The van der Waals surface area contributed by atoms with Gasteiger partial charge in [-0.2, -0.15) is 4.52 Å². The first-order valence-electron chi connectivity index (χ1n) is 11.9. The fourth-order valence-corrected chi connectivity index (χ4v) is 5.85. The molecule has 0 saturated carbocycles. The SMILES string of the molecule is O=C1Nc2cc(Cl)ccc2C1C1CCN(C(=O)C2CCN(c3ccc4nncn4n3)CC2)CC1. The Balaban J connectivity index is 1.04. The third-order valence-electron chi connectivity index (χ3n) is 7.53. The Kier molecular flexibility index (Phi) is 5.36. The number of rotatable bonds is 3. The molecule has 0 radical (unpaired) electrons. The number of hydrogen-bond donors (Lipinski definition) is 1. The van der Waals surface area contributed by atoms with Crippen LogP contribution in [0, 0.1) is 11.8 Å². The van der Waals surface area contributed by atoms with E-state index >= 15 is 0 Å². The van der Waals surface area contributed by atoms with Gasteiger partial charge in [0.1, 0.15) is 12.1 Å². The number of anilines is 2. The van der Waals surface area contributed by atoms with Crippen molar-refractivity contribution in [3.05, 3.63) is 47.2 Å². The summed E-state index contributed by atoms with van der Waals surface area (Å²) >= 11 is 6.09. The van der Waals surface area contributed by atoms with Crippen molar-refractivity contribution < 1.29 is 9.59 Å². The summed E-state index contributed by atoms with van der Waals surface area (Å²) in [4.78, 5) is 30.1. The number of fused-ring (bicyclic) bond motifs is 2. The summed E-state index contributed by atoms with van der Waals surface area (Å²) in [6.45, 7) is 3.02. The van der Waals surface area contributed by atoms with Gasteiger partial charge >= 0.3 is 0 Å². The molecule has 2 saturated heterocycles. The van der Waals surface area contributed by atoms with Crippen molar-refractivity contribution in [2.45, 2.75) is 31.6 Å². The average Bonchev–Trinajstić information content (AvgIpc) is 3.46. The lowest BCUT2D eigenvalue weighted by atomic mass is 9.80. The van der Waals surface area contributed by atoms with Crippen LogP contribution in [0.3, 0.4) is 0 Å². The summed E-state index contributed by atoms with van der Waals surface area (Å²) in [7, 11) is 0. The molecule has 10 heteroatoms. The van der Waals surface area contributed by atoms with E-state index in [0.29, 0.717) is 18.1 Å². The van der Waals surface area contributed by atoms with E-state index in [2.05, 4.69) is 25.5 Å². The molecule has 0 aliphatic carbocycles. The normalized spacial score (nSPS) is 21.7. The van der Waals surface area contributed by atoms with E-state index in [9.17, 15) is 9.59 Å². The van der Waals surface area contributed by atoms with Gasteiger partial charge in [-0.25, -0.2) is 0 Å². The van der Waals surface area contributed by atoms with Crippen molar-refractivity contribution in [1.82, 2.24) is 24.7 Å². The Morgan fingerprint density at radius 3 is 2.62 bits per heavy atom. The summed E-state index contributed by atoms with van der Waals surface area (Å²) in [6, 6.07) is 9.50. The minimum atomic E-state index is -0.150. The zero-order valence-electron chi connectivity index (χ0n) is 18.7. The van der Waals surface area contributed by atoms with E-state index in [1.54, 1.807) is 10.8 Å². The van der Waals surface area contributed by atoms with Crippen LogP contribution in [0.5, 0.6) is 0 Å². The van der Waals surface area contributed by atoms with Crippen LogP contribution >= 0.6 is 11.6 Å². The highest BCUT2D eigenvalue weighted by Crippen LogP contribution is 2.42. The van der Waals surface area contributed by atoms with E-state index in [1.165, 1.54) is 0 Å². The highest BCUT2D eigenvalue weighted by atomic mass is 35.5. The summed E-state index contributed by atoms with van der Waals surface area (Å²) in [5.74, 6) is 1.32. The topological polar surface area (TPSA) is 95.7 Å². The van der Waals surface area contributed by atoms with E-state index in [1.807, 2.05) is 35.2 Å². The summed E-state index contributed by atoms with van der Waals surface area (Å²) in [6.07, 6.45) is 4.92. The third-order valence-corrected chi connectivity index (χ3v) is 7.76. The molecule has 2 fully saturated rings. The maximum atomic E-state index is 13.2. The van der Waals surface area contributed by atoms with Gasteiger partial charge in [0, 0.05) is 42.8 Å². The average molecular weight is 480 g/mol. The van der Waals surface area contributed by atoms with Gasteiger partial charge in [-0.15, -0.1) is 15.3 Å². The van der Waals surface area contributed by atoms with E-state index in [0.717, 1.165) is 61.5 Å². The Bertz CT molecular complexity index is 1250. The van der Waals surface area contributed by atoms with Crippen LogP contribution in [0.25, 0.3) is 5.65 Å². The third kappa shape index (κ3) is 3.77. The predicted molar refractivity (Wildman–Crippen MR) is 128 cm³/mol. The molecule has 3 aliphatic heterocycles. The quantitative estimate of drug-likeness (QED) is 0.620. The molecule has 1 atom stereocenters. The molecule has 1 aromatic carbocycles. The van der Waals surface area contributed by atoms with E-state index in [4.69, 9.17) is 11.6 Å². The Hall–Kier alpha value is -3.20. The molecule has 5 heterocycles. The van der Waals surface area contributed by atoms with Crippen LogP contribution < -0.4 is 10.2 Å². The fraction of sp³-hybridized carbons (Fsp3) is 0.458. The van der Waals surface area contributed by atoms with Gasteiger partial charge in [0.2, 0.25) is 11.8 Å². The van der Waals surface area contributed by atoms with Crippen molar-refractivity contribution >= 4 is 40.6 Å². The van der Waals surface area contributed by atoms with Crippen LogP contribution in [0.4, 0.5) is 11.5 Å². The summed E-state index contributed by atoms with van der Waals surface area (Å²) < 4.78 is 1.67. The molecule has 1 unspecified atom stereocenters. The molecule has 176 valence electrons. The first-order chi connectivity index (χ1) is 16.6. The zero-order chi connectivity index (χ0) is 23.2. The number of carbonyl (C=O) groups excluding carboxylic acids is 2. The van der Waals surface area contributed by atoms with Crippen molar-refractivity contribution in [2.75, 3.05) is 36.4 Å². The van der Waals surface area contributed by atoms with Gasteiger partial charge in [-0.1, -0.05) is 17.7 Å². The van der Waals surface area contributed by atoms with Gasteiger partial charge in [-0.3, -0.25) is 9.59 Å². The largest absolute Gasteiger partial charge is 0.355 e. The molecule has 3 aromatic rings. The molecular weight excluding hydrogens is 454 g/mol. The first-order valence-corrected chi connectivity index (χ1v) is 12.3. The lowest BCUT2D eigenvalue weighted by molar-refractivity contribution is -0.137. The molecule has 2 amide bonds. The number of aromatic nitrogens is 4. The number of benzene rings is 1. The monoisotopic (exact) mass is 479 g/mol. The Labute approximate surface area is 202 Å². The standard InChI is InChI=1S/C24H26ClN7O2/c25-17-1-2-18-19(13-17)27-23(33)22(18)15-5-11-31(12-6-15)24(34)16-7-9-30(10-8-16)21-4-3-20-28-26-14-32(20)29-21/h1-4,13-16,22H,5-12H2,(H,27,33). The molecule has 9 nitrogen and oxygen atoms in total. The number of halogens is 1. The maximum Gasteiger partial charge on any atom is 0.232 e. The minimum absolute atomic E-state index is 0.0455. The number of hydrogen-bond acceptors (Lipinski definition) is 6. The van der Waals surface area contributed by atoms with Crippen LogP contribution in [-0.2, 0) is 9.59 Å². The zero-order valence-corrected chi connectivity index (χ0v) is 19.5. The van der Waals surface area contributed by atoms with Crippen molar-refractivity contribution in [2.24, 2.45) is 11.8 Å². The maximum absolute atomic E-state index is 13.2. The number of likely N-dealkylation sites (tertiary alicyclic amines) is 1. The van der Waals surface area contributed by atoms with E-state index in [-0.39, 0.29) is 29.6 Å². The molecule has 2 aromatic heterocycles. The van der Waals surface area contributed by atoms with Gasteiger partial charge in [0.15, 0.2) is 5.65 Å². The summed E-state index contributed by atoms with van der Waals surface area (Å²) in [5, 5.41) is 16.0. The Morgan fingerprint density at radius 1 is 1.03 bits per heavy atom. The lowest BCUT2D eigenvalue weighted by Gasteiger charge is -2.38. The smallest absolute Gasteiger partial charge is 0.232 e. The number of nitrogens with one attached hydrogen (secondary N) is 1. The Morgan fingerprint density at radius 2 is 1.82 bits per heavy atom. The van der Waals surface area contributed by atoms with Crippen LogP contribution in [0.1, 0.15) is 37.2 Å². The molecule has 1 N–H and O–H groups in total. The molecule has 3 aliphatic rings.